The Kier molecular flexibility index (Phi) is 5.18. The SMILES string of the molecule is Cn1cc(Cn2cnc3sc4c(c3c2=O)CCC(NCc2cccc(Cl)c2)C4)cn1. The number of fused-ring (bicyclic) bond motifs is 3. The van der Waals surface area contributed by atoms with Crippen molar-refractivity contribution >= 4 is 33.2 Å². The summed E-state index contributed by atoms with van der Waals surface area (Å²) in [6.07, 6.45) is 8.21. The molecule has 0 saturated carbocycles. The first-order chi connectivity index (χ1) is 14.6. The standard InChI is InChI=1S/C22H22ClN5OS/c1-27-11-15(10-26-27)12-28-13-25-21-20(22(28)29)18-6-5-17(8-19(18)30-21)24-9-14-3-2-4-16(23)7-14/h2-4,7,10-11,13,17,24H,5-6,8-9,12H2,1H3. The highest BCUT2D eigenvalue weighted by atomic mass is 35.5. The van der Waals surface area contributed by atoms with Gasteiger partial charge in [0.15, 0.2) is 0 Å². The molecule has 8 heteroatoms. The Hall–Kier alpha value is -2.48. The zero-order chi connectivity index (χ0) is 20.7. The second-order valence-corrected chi connectivity index (χ2v) is 9.35. The minimum Gasteiger partial charge on any atom is -0.310 e. The summed E-state index contributed by atoms with van der Waals surface area (Å²) in [6.45, 7) is 1.28. The van der Waals surface area contributed by atoms with Crippen LogP contribution in [0.4, 0.5) is 0 Å². The van der Waals surface area contributed by atoms with Crippen molar-refractivity contribution in [1.82, 2.24) is 24.6 Å². The molecule has 3 aromatic heterocycles. The zero-order valence-electron chi connectivity index (χ0n) is 16.6. The van der Waals surface area contributed by atoms with Gasteiger partial charge in [-0.1, -0.05) is 23.7 Å². The molecule has 1 aliphatic rings. The molecule has 1 atom stereocenters. The largest absolute Gasteiger partial charge is 0.310 e. The molecule has 0 radical (unpaired) electrons. The molecule has 0 saturated heterocycles. The number of nitrogens with zero attached hydrogens (tertiary/aromatic N) is 4. The molecule has 5 rings (SSSR count). The summed E-state index contributed by atoms with van der Waals surface area (Å²) in [7, 11) is 1.87. The van der Waals surface area contributed by atoms with E-state index in [1.54, 1.807) is 33.1 Å². The van der Waals surface area contributed by atoms with Crippen molar-refractivity contribution in [3.63, 3.8) is 0 Å². The summed E-state index contributed by atoms with van der Waals surface area (Å²) >= 11 is 7.75. The number of aromatic nitrogens is 4. The molecule has 0 spiro atoms. The second-order valence-electron chi connectivity index (χ2n) is 7.83. The Morgan fingerprint density at radius 1 is 1.33 bits per heavy atom. The third-order valence-electron chi connectivity index (χ3n) is 5.63. The van der Waals surface area contributed by atoms with Gasteiger partial charge in [0.1, 0.15) is 4.83 Å². The number of aryl methyl sites for hydroxylation is 2. The van der Waals surface area contributed by atoms with Gasteiger partial charge in [0, 0.05) is 41.3 Å². The van der Waals surface area contributed by atoms with Crippen LogP contribution in [0, 0.1) is 0 Å². The minimum atomic E-state index is 0.0479. The molecular formula is C22H22ClN5OS. The molecule has 4 aromatic rings. The van der Waals surface area contributed by atoms with E-state index in [9.17, 15) is 4.79 Å². The Labute approximate surface area is 183 Å². The van der Waals surface area contributed by atoms with Crippen LogP contribution in [0.2, 0.25) is 5.02 Å². The third kappa shape index (κ3) is 3.80. The van der Waals surface area contributed by atoms with Gasteiger partial charge in [-0.05, 0) is 42.5 Å². The van der Waals surface area contributed by atoms with E-state index >= 15 is 0 Å². The summed E-state index contributed by atoms with van der Waals surface area (Å²) < 4.78 is 3.44. The van der Waals surface area contributed by atoms with Gasteiger partial charge >= 0.3 is 0 Å². The van der Waals surface area contributed by atoms with Gasteiger partial charge in [0.25, 0.3) is 5.56 Å². The zero-order valence-corrected chi connectivity index (χ0v) is 18.2. The van der Waals surface area contributed by atoms with E-state index in [1.165, 1.54) is 16.0 Å². The average molecular weight is 440 g/mol. The fraction of sp³-hybridized carbons (Fsp3) is 0.318. The van der Waals surface area contributed by atoms with E-state index in [1.807, 2.05) is 31.4 Å². The van der Waals surface area contributed by atoms with Gasteiger partial charge < -0.3 is 5.32 Å². The summed E-state index contributed by atoms with van der Waals surface area (Å²) in [5.41, 5.74) is 3.42. The predicted molar refractivity (Wildman–Crippen MR) is 120 cm³/mol. The number of rotatable bonds is 5. The number of halogens is 1. The first-order valence-corrected chi connectivity index (χ1v) is 11.2. The van der Waals surface area contributed by atoms with Crippen molar-refractivity contribution in [1.29, 1.82) is 0 Å². The Morgan fingerprint density at radius 3 is 3.03 bits per heavy atom. The van der Waals surface area contributed by atoms with E-state index in [0.29, 0.717) is 12.6 Å². The van der Waals surface area contributed by atoms with Crippen LogP contribution in [0.1, 0.15) is 28.0 Å². The molecular weight excluding hydrogens is 418 g/mol. The van der Waals surface area contributed by atoms with Gasteiger partial charge in [-0.3, -0.25) is 14.0 Å². The van der Waals surface area contributed by atoms with Crippen LogP contribution in [0.15, 0.2) is 47.8 Å². The quantitative estimate of drug-likeness (QED) is 0.516. The summed E-state index contributed by atoms with van der Waals surface area (Å²) in [5.74, 6) is 0. The Morgan fingerprint density at radius 2 is 2.23 bits per heavy atom. The smallest absolute Gasteiger partial charge is 0.262 e. The summed E-state index contributed by atoms with van der Waals surface area (Å²) in [6, 6.07) is 8.34. The van der Waals surface area contributed by atoms with E-state index in [0.717, 1.165) is 46.6 Å². The Bertz CT molecular complexity index is 1270. The maximum Gasteiger partial charge on any atom is 0.262 e. The number of hydrogen-bond donors (Lipinski definition) is 1. The number of hydrogen-bond acceptors (Lipinski definition) is 5. The van der Waals surface area contributed by atoms with Crippen LogP contribution in [0.3, 0.4) is 0 Å². The molecule has 0 bridgehead atoms. The molecule has 0 aliphatic heterocycles. The number of benzene rings is 1. The normalized spacial score (nSPS) is 16.1. The summed E-state index contributed by atoms with van der Waals surface area (Å²) in [4.78, 5) is 19.9. The van der Waals surface area contributed by atoms with Crippen LogP contribution < -0.4 is 10.9 Å². The van der Waals surface area contributed by atoms with Crippen molar-refractivity contribution in [3.8, 4) is 0 Å². The highest BCUT2D eigenvalue weighted by Crippen LogP contribution is 2.33. The van der Waals surface area contributed by atoms with Crippen molar-refractivity contribution in [2.75, 3.05) is 0 Å². The van der Waals surface area contributed by atoms with E-state index in [4.69, 9.17) is 11.6 Å². The lowest BCUT2D eigenvalue weighted by atomic mass is 9.93. The maximum atomic E-state index is 13.2. The van der Waals surface area contributed by atoms with Crippen molar-refractivity contribution in [3.05, 3.63) is 79.9 Å². The average Bonchev–Trinajstić information content (AvgIpc) is 3.31. The van der Waals surface area contributed by atoms with Crippen molar-refractivity contribution in [2.24, 2.45) is 7.05 Å². The number of thiophene rings is 1. The maximum absolute atomic E-state index is 13.2. The van der Waals surface area contributed by atoms with Crippen molar-refractivity contribution in [2.45, 2.75) is 38.4 Å². The fourth-order valence-corrected chi connectivity index (χ4v) is 5.62. The summed E-state index contributed by atoms with van der Waals surface area (Å²) in [5, 5.41) is 9.40. The molecule has 30 heavy (non-hydrogen) atoms. The second kappa shape index (κ2) is 7.98. The highest BCUT2D eigenvalue weighted by Gasteiger charge is 2.25. The number of nitrogens with one attached hydrogen (secondary N) is 1. The molecule has 0 amide bonds. The first kappa shape index (κ1) is 19.5. The molecule has 1 unspecified atom stereocenters. The van der Waals surface area contributed by atoms with Gasteiger partial charge in [0.2, 0.25) is 0 Å². The van der Waals surface area contributed by atoms with Gasteiger partial charge in [-0.25, -0.2) is 4.98 Å². The molecule has 1 aliphatic carbocycles. The van der Waals surface area contributed by atoms with Gasteiger partial charge in [-0.2, -0.15) is 5.10 Å². The van der Waals surface area contributed by atoms with Gasteiger partial charge in [-0.15, -0.1) is 11.3 Å². The third-order valence-corrected chi connectivity index (χ3v) is 7.03. The molecule has 154 valence electrons. The fourth-order valence-electron chi connectivity index (χ4n) is 4.15. The molecule has 0 fully saturated rings. The van der Waals surface area contributed by atoms with Crippen LogP contribution in [-0.4, -0.2) is 25.4 Å². The van der Waals surface area contributed by atoms with E-state index < -0.39 is 0 Å². The van der Waals surface area contributed by atoms with Gasteiger partial charge in [0.05, 0.1) is 24.5 Å². The molecule has 6 nitrogen and oxygen atoms in total. The Balaban J connectivity index is 1.36. The highest BCUT2D eigenvalue weighted by molar-refractivity contribution is 7.18. The molecule has 3 heterocycles. The van der Waals surface area contributed by atoms with Crippen LogP contribution in [0.25, 0.3) is 10.2 Å². The van der Waals surface area contributed by atoms with Crippen LogP contribution in [0.5, 0.6) is 0 Å². The first-order valence-electron chi connectivity index (χ1n) is 10.0. The lowest BCUT2D eigenvalue weighted by Gasteiger charge is -2.23. The van der Waals surface area contributed by atoms with E-state index in [-0.39, 0.29) is 5.56 Å². The molecule has 1 aromatic carbocycles. The van der Waals surface area contributed by atoms with Crippen LogP contribution in [-0.2, 0) is 33.0 Å². The lowest BCUT2D eigenvalue weighted by Crippen LogP contribution is -2.33. The lowest BCUT2D eigenvalue weighted by molar-refractivity contribution is 0.463. The minimum absolute atomic E-state index is 0.0479. The topological polar surface area (TPSA) is 64.7 Å². The predicted octanol–water partition coefficient (Wildman–Crippen LogP) is 3.54. The van der Waals surface area contributed by atoms with Crippen LogP contribution >= 0.6 is 22.9 Å². The van der Waals surface area contributed by atoms with E-state index in [2.05, 4.69) is 21.5 Å². The monoisotopic (exact) mass is 439 g/mol. The van der Waals surface area contributed by atoms with Crippen molar-refractivity contribution < 1.29 is 0 Å². The molecule has 1 N–H and O–H groups in total.